The van der Waals surface area contributed by atoms with Gasteiger partial charge in [-0.05, 0) is 37.1 Å². The molecule has 0 fully saturated rings. The zero-order valence-electron chi connectivity index (χ0n) is 10.3. The van der Waals surface area contributed by atoms with Gasteiger partial charge in [-0.25, -0.2) is 0 Å². The van der Waals surface area contributed by atoms with Crippen LogP contribution in [0.2, 0.25) is 0 Å². The third kappa shape index (κ3) is 4.97. The number of unbranched alkanes of at least 4 members (excludes halogenated alkanes) is 1. The van der Waals surface area contributed by atoms with Crippen LogP contribution in [-0.4, -0.2) is 12.5 Å². The first-order chi connectivity index (χ1) is 8.13. The summed E-state index contributed by atoms with van der Waals surface area (Å²) in [5.41, 5.74) is 13.4. The molecule has 0 unspecified atom stereocenters. The summed E-state index contributed by atoms with van der Waals surface area (Å²) in [6.45, 7) is 2.21. The molecular formula is C13H21N3O. The number of nitrogens with two attached hydrogens (primary N) is 2. The summed E-state index contributed by atoms with van der Waals surface area (Å²) in [6, 6.07) is 7.71. The number of anilines is 1. The van der Waals surface area contributed by atoms with Gasteiger partial charge in [-0.2, -0.15) is 0 Å². The molecule has 0 saturated carbocycles. The predicted molar refractivity (Wildman–Crippen MR) is 70.6 cm³/mol. The Labute approximate surface area is 102 Å². The molecule has 1 rings (SSSR count). The molecular weight excluding hydrogens is 214 g/mol. The molecule has 0 heterocycles. The second-order valence-corrected chi connectivity index (χ2v) is 4.19. The summed E-state index contributed by atoms with van der Waals surface area (Å²) in [5.74, 6) is -0.0648. The first kappa shape index (κ1) is 13.7. The zero-order chi connectivity index (χ0) is 12.7. The Morgan fingerprint density at radius 1 is 1.29 bits per heavy atom. The molecule has 17 heavy (non-hydrogen) atoms. The topological polar surface area (TPSA) is 81.1 Å². The van der Waals surface area contributed by atoms with Crippen LogP contribution in [-0.2, 0) is 4.79 Å². The highest BCUT2D eigenvalue weighted by Crippen LogP contribution is 2.18. The van der Waals surface area contributed by atoms with E-state index in [4.69, 9.17) is 11.5 Å². The fraction of sp³-hybridized carbons (Fsp3) is 0.462. The summed E-state index contributed by atoms with van der Waals surface area (Å²) < 4.78 is 0. The van der Waals surface area contributed by atoms with Crippen molar-refractivity contribution in [1.82, 2.24) is 0 Å². The number of rotatable bonds is 6. The van der Waals surface area contributed by atoms with Crippen molar-refractivity contribution >= 4 is 11.6 Å². The number of carbonyl (C=O) groups excluding carboxylic acids is 1. The van der Waals surface area contributed by atoms with E-state index in [0.717, 1.165) is 30.5 Å². The van der Waals surface area contributed by atoms with Crippen LogP contribution in [0.4, 0.5) is 5.69 Å². The first-order valence-corrected chi connectivity index (χ1v) is 5.96. The summed E-state index contributed by atoms with van der Waals surface area (Å²) in [5, 5.41) is 2.73. The number of nitrogens with one attached hydrogen (secondary N) is 1. The second-order valence-electron chi connectivity index (χ2n) is 4.19. The average Bonchev–Trinajstić information content (AvgIpc) is 2.29. The highest BCUT2D eigenvalue weighted by Gasteiger charge is 2.05. The number of hydrogen-bond acceptors (Lipinski definition) is 3. The first-order valence-electron chi connectivity index (χ1n) is 5.96. The normalized spacial score (nSPS) is 12.2. The maximum atomic E-state index is 10.9. The Kier molecular flexibility index (Phi) is 5.66. The van der Waals surface area contributed by atoms with E-state index in [-0.39, 0.29) is 11.9 Å². The van der Waals surface area contributed by atoms with Gasteiger partial charge in [0.1, 0.15) is 0 Å². The minimum absolute atomic E-state index is 0.0490. The van der Waals surface area contributed by atoms with E-state index in [2.05, 4.69) is 5.32 Å². The quantitative estimate of drug-likeness (QED) is 0.657. The van der Waals surface area contributed by atoms with Crippen LogP contribution in [0.3, 0.4) is 0 Å². The van der Waals surface area contributed by atoms with E-state index < -0.39 is 0 Å². The van der Waals surface area contributed by atoms with E-state index in [1.54, 1.807) is 0 Å². The lowest BCUT2D eigenvalue weighted by Gasteiger charge is -2.12. The standard InChI is InChI=1S/C13H21N3O/c1-10(17)16-12-7-5-11(6-8-12)13(15)4-2-3-9-14/h5-8,13H,2-4,9,14-15H2,1H3,(H,16,17)/t13-/m0/s1. The molecule has 0 aromatic heterocycles. The van der Waals surface area contributed by atoms with Crippen LogP contribution in [0.5, 0.6) is 0 Å². The van der Waals surface area contributed by atoms with Crippen LogP contribution in [0.1, 0.15) is 37.8 Å². The molecule has 1 aromatic carbocycles. The molecule has 1 aromatic rings. The lowest BCUT2D eigenvalue weighted by atomic mass is 10.0. The molecule has 1 atom stereocenters. The van der Waals surface area contributed by atoms with Gasteiger partial charge in [0.15, 0.2) is 0 Å². The van der Waals surface area contributed by atoms with Crippen LogP contribution < -0.4 is 16.8 Å². The lowest BCUT2D eigenvalue weighted by molar-refractivity contribution is -0.114. The van der Waals surface area contributed by atoms with Crippen molar-refractivity contribution in [3.05, 3.63) is 29.8 Å². The minimum Gasteiger partial charge on any atom is -0.330 e. The van der Waals surface area contributed by atoms with Crippen molar-refractivity contribution < 1.29 is 4.79 Å². The van der Waals surface area contributed by atoms with Crippen LogP contribution in [0.15, 0.2) is 24.3 Å². The van der Waals surface area contributed by atoms with E-state index in [0.29, 0.717) is 6.54 Å². The van der Waals surface area contributed by atoms with Crippen molar-refractivity contribution in [2.45, 2.75) is 32.2 Å². The van der Waals surface area contributed by atoms with E-state index in [1.165, 1.54) is 6.92 Å². The molecule has 94 valence electrons. The molecule has 0 aliphatic carbocycles. The number of hydrogen-bond donors (Lipinski definition) is 3. The van der Waals surface area contributed by atoms with E-state index in [9.17, 15) is 4.79 Å². The van der Waals surface area contributed by atoms with Gasteiger partial charge in [-0.15, -0.1) is 0 Å². The largest absolute Gasteiger partial charge is 0.330 e. The Morgan fingerprint density at radius 3 is 2.47 bits per heavy atom. The summed E-state index contributed by atoms with van der Waals surface area (Å²) in [6.07, 6.45) is 3.00. The van der Waals surface area contributed by atoms with Gasteiger partial charge in [0, 0.05) is 18.7 Å². The minimum atomic E-state index is -0.0648. The van der Waals surface area contributed by atoms with Crippen molar-refractivity contribution in [2.75, 3.05) is 11.9 Å². The Balaban J connectivity index is 2.51. The molecule has 1 amide bonds. The van der Waals surface area contributed by atoms with Gasteiger partial charge in [0.2, 0.25) is 5.91 Å². The van der Waals surface area contributed by atoms with Gasteiger partial charge in [0.25, 0.3) is 0 Å². The molecule has 0 aliphatic rings. The van der Waals surface area contributed by atoms with Crippen LogP contribution >= 0.6 is 0 Å². The third-order valence-electron chi connectivity index (χ3n) is 2.63. The van der Waals surface area contributed by atoms with Gasteiger partial charge in [0.05, 0.1) is 0 Å². The molecule has 0 radical (unpaired) electrons. The lowest BCUT2D eigenvalue weighted by Crippen LogP contribution is -2.11. The summed E-state index contributed by atoms with van der Waals surface area (Å²) in [7, 11) is 0. The fourth-order valence-corrected chi connectivity index (χ4v) is 1.69. The van der Waals surface area contributed by atoms with Gasteiger partial charge in [-0.1, -0.05) is 18.6 Å². The van der Waals surface area contributed by atoms with E-state index in [1.807, 2.05) is 24.3 Å². The Bertz CT molecular complexity index is 348. The molecule has 0 bridgehead atoms. The molecule has 4 heteroatoms. The number of benzene rings is 1. The highest BCUT2D eigenvalue weighted by atomic mass is 16.1. The monoisotopic (exact) mass is 235 g/mol. The molecule has 5 N–H and O–H groups in total. The van der Waals surface area contributed by atoms with Crippen LogP contribution in [0.25, 0.3) is 0 Å². The van der Waals surface area contributed by atoms with Crippen molar-refractivity contribution in [2.24, 2.45) is 11.5 Å². The second kappa shape index (κ2) is 7.04. The maximum absolute atomic E-state index is 10.9. The maximum Gasteiger partial charge on any atom is 0.221 e. The predicted octanol–water partition coefficient (Wildman–Crippen LogP) is 1.77. The highest BCUT2D eigenvalue weighted by molar-refractivity contribution is 5.88. The van der Waals surface area contributed by atoms with Gasteiger partial charge in [-0.3, -0.25) is 4.79 Å². The van der Waals surface area contributed by atoms with Gasteiger partial charge < -0.3 is 16.8 Å². The number of carbonyl (C=O) groups is 1. The molecule has 4 nitrogen and oxygen atoms in total. The SMILES string of the molecule is CC(=O)Nc1ccc([C@@H](N)CCCCN)cc1. The Morgan fingerprint density at radius 2 is 1.94 bits per heavy atom. The van der Waals surface area contributed by atoms with Gasteiger partial charge >= 0.3 is 0 Å². The molecule has 0 saturated heterocycles. The summed E-state index contributed by atoms with van der Waals surface area (Å²) in [4.78, 5) is 10.9. The van der Waals surface area contributed by atoms with Crippen molar-refractivity contribution in [3.63, 3.8) is 0 Å². The zero-order valence-corrected chi connectivity index (χ0v) is 10.3. The van der Waals surface area contributed by atoms with Crippen molar-refractivity contribution in [3.8, 4) is 0 Å². The van der Waals surface area contributed by atoms with Crippen molar-refractivity contribution in [1.29, 1.82) is 0 Å². The number of amides is 1. The summed E-state index contributed by atoms with van der Waals surface area (Å²) >= 11 is 0. The smallest absolute Gasteiger partial charge is 0.221 e. The molecule has 0 spiro atoms. The molecule has 0 aliphatic heterocycles. The van der Waals surface area contributed by atoms with Crippen LogP contribution in [0, 0.1) is 0 Å². The fourth-order valence-electron chi connectivity index (χ4n) is 1.69. The Hall–Kier alpha value is -1.39. The average molecular weight is 235 g/mol. The van der Waals surface area contributed by atoms with E-state index >= 15 is 0 Å². The third-order valence-corrected chi connectivity index (χ3v) is 2.63.